The number of nitrogens with one attached hydrogen (secondary N) is 1. The zero-order valence-electron chi connectivity index (χ0n) is 15.6. The molecule has 7 nitrogen and oxygen atoms in total. The van der Waals surface area contributed by atoms with E-state index in [9.17, 15) is 14.4 Å². The molecule has 7 heteroatoms. The number of amides is 1. The van der Waals surface area contributed by atoms with Crippen LogP contribution in [0.1, 0.15) is 31.4 Å². The summed E-state index contributed by atoms with van der Waals surface area (Å²) < 4.78 is 10.9. The number of fused-ring (bicyclic) bond motifs is 1. The third-order valence-electron chi connectivity index (χ3n) is 4.09. The fraction of sp³-hybridized carbons (Fsp3) is 0.350. The Balaban J connectivity index is 2.19. The van der Waals surface area contributed by atoms with Crippen molar-refractivity contribution in [2.45, 2.75) is 39.7 Å². The average Bonchev–Trinajstić information content (AvgIpc) is 2.59. The number of carbonyl (C=O) groups excluding carboxylic acids is 1. The molecule has 27 heavy (non-hydrogen) atoms. The topological polar surface area (TPSA) is 106 Å². The maximum absolute atomic E-state index is 12.3. The van der Waals surface area contributed by atoms with Crippen LogP contribution < -0.4 is 15.7 Å². The van der Waals surface area contributed by atoms with Gasteiger partial charge in [0.15, 0.2) is 0 Å². The van der Waals surface area contributed by atoms with Gasteiger partial charge in [0.05, 0.1) is 0 Å². The Morgan fingerprint density at radius 2 is 2.07 bits per heavy atom. The van der Waals surface area contributed by atoms with E-state index in [0.717, 1.165) is 16.5 Å². The lowest BCUT2D eigenvalue weighted by molar-refractivity contribution is -0.141. The summed E-state index contributed by atoms with van der Waals surface area (Å²) in [5.74, 6) is -0.982. The van der Waals surface area contributed by atoms with Crippen molar-refractivity contribution >= 4 is 22.8 Å². The lowest BCUT2D eigenvalue weighted by Gasteiger charge is -2.11. The lowest BCUT2D eigenvalue weighted by Crippen LogP contribution is -2.38. The van der Waals surface area contributed by atoms with Crippen molar-refractivity contribution in [3.05, 3.63) is 51.9 Å². The van der Waals surface area contributed by atoms with Gasteiger partial charge in [0.25, 0.3) is 0 Å². The van der Waals surface area contributed by atoms with Crippen molar-refractivity contribution in [2.75, 3.05) is 6.61 Å². The Hall–Kier alpha value is -3.09. The fourth-order valence-corrected chi connectivity index (χ4v) is 2.57. The summed E-state index contributed by atoms with van der Waals surface area (Å²) in [6.07, 6.45) is 0.157. The van der Waals surface area contributed by atoms with Gasteiger partial charge >= 0.3 is 11.6 Å². The molecule has 0 saturated heterocycles. The average molecular weight is 373 g/mol. The Bertz CT molecular complexity index is 943. The molecule has 1 heterocycles. The van der Waals surface area contributed by atoms with Crippen LogP contribution in [0.4, 0.5) is 0 Å². The minimum Gasteiger partial charge on any atom is -0.489 e. The molecule has 0 spiro atoms. The predicted molar refractivity (Wildman–Crippen MR) is 101 cm³/mol. The van der Waals surface area contributed by atoms with E-state index in [1.165, 1.54) is 6.92 Å². The van der Waals surface area contributed by atoms with Crippen LogP contribution >= 0.6 is 0 Å². The van der Waals surface area contributed by atoms with Crippen LogP contribution in [0.2, 0.25) is 0 Å². The summed E-state index contributed by atoms with van der Waals surface area (Å²) in [6.45, 7) is 9.17. The number of carbonyl (C=O) groups is 2. The zero-order valence-corrected chi connectivity index (χ0v) is 15.6. The predicted octanol–water partition coefficient (Wildman–Crippen LogP) is 2.58. The minimum atomic E-state index is -1.12. The molecule has 0 aliphatic rings. The van der Waals surface area contributed by atoms with Crippen LogP contribution in [0.3, 0.4) is 0 Å². The van der Waals surface area contributed by atoms with Gasteiger partial charge in [-0.1, -0.05) is 6.58 Å². The van der Waals surface area contributed by atoms with Gasteiger partial charge in [0.1, 0.15) is 24.0 Å². The molecule has 0 aliphatic carbocycles. The fourth-order valence-electron chi connectivity index (χ4n) is 2.57. The molecule has 2 rings (SSSR count). The van der Waals surface area contributed by atoms with Crippen molar-refractivity contribution in [1.29, 1.82) is 0 Å². The summed E-state index contributed by atoms with van der Waals surface area (Å²) >= 11 is 0. The van der Waals surface area contributed by atoms with Crippen LogP contribution in [0, 0.1) is 6.92 Å². The monoisotopic (exact) mass is 373 g/mol. The number of carboxylic acid groups (broad SMARTS) is 1. The quantitative estimate of drug-likeness (QED) is 0.544. The van der Waals surface area contributed by atoms with Crippen molar-refractivity contribution in [2.24, 2.45) is 0 Å². The molecular formula is C20H23NO6. The van der Waals surface area contributed by atoms with Crippen LogP contribution in [0.15, 0.2) is 39.6 Å². The molecule has 144 valence electrons. The Morgan fingerprint density at radius 1 is 1.37 bits per heavy atom. The smallest absolute Gasteiger partial charge is 0.339 e. The first-order chi connectivity index (χ1) is 12.7. The molecule has 2 N–H and O–H groups in total. The highest BCUT2D eigenvalue weighted by atomic mass is 16.5. The molecule has 2 aromatic rings. The number of hydrogen-bond acceptors (Lipinski definition) is 5. The van der Waals surface area contributed by atoms with E-state index in [2.05, 4.69) is 11.9 Å². The zero-order chi connectivity index (χ0) is 20.1. The standard InChI is InChI=1S/C20H23NO6/c1-11(2)10-26-14-5-6-15-12(3)16(20(25)27-17(15)9-14)7-8-18(22)21-13(4)19(23)24/h5-6,9,13H,1,7-8,10H2,2-4H3,(H,21,22)(H,23,24)/t13-/m0/s1. The Morgan fingerprint density at radius 3 is 2.70 bits per heavy atom. The van der Waals surface area contributed by atoms with Crippen molar-refractivity contribution in [3.8, 4) is 5.75 Å². The van der Waals surface area contributed by atoms with E-state index in [0.29, 0.717) is 23.5 Å². The Kier molecular flexibility index (Phi) is 6.39. The van der Waals surface area contributed by atoms with E-state index in [-0.39, 0.29) is 12.8 Å². The van der Waals surface area contributed by atoms with Gasteiger partial charge in [-0.3, -0.25) is 9.59 Å². The van der Waals surface area contributed by atoms with Crippen LogP contribution in [-0.4, -0.2) is 29.6 Å². The minimum absolute atomic E-state index is 0.00542. The van der Waals surface area contributed by atoms with E-state index in [1.807, 2.05) is 6.92 Å². The number of hydrogen-bond donors (Lipinski definition) is 2. The van der Waals surface area contributed by atoms with Gasteiger partial charge in [0.2, 0.25) is 5.91 Å². The van der Waals surface area contributed by atoms with Gasteiger partial charge in [0, 0.05) is 23.4 Å². The molecule has 1 amide bonds. The van der Waals surface area contributed by atoms with Crippen molar-refractivity contribution in [1.82, 2.24) is 5.32 Å². The first-order valence-electron chi connectivity index (χ1n) is 8.54. The molecule has 0 aliphatic heterocycles. The normalized spacial score (nSPS) is 11.8. The van der Waals surface area contributed by atoms with Gasteiger partial charge in [-0.15, -0.1) is 0 Å². The largest absolute Gasteiger partial charge is 0.489 e. The van der Waals surface area contributed by atoms with Crippen LogP contribution in [-0.2, 0) is 16.0 Å². The molecule has 1 atom stereocenters. The molecule has 0 saturated carbocycles. The number of aryl methyl sites for hydroxylation is 1. The summed E-state index contributed by atoms with van der Waals surface area (Å²) in [7, 11) is 0. The molecule has 1 aromatic heterocycles. The van der Waals surface area contributed by atoms with Gasteiger partial charge in [-0.25, -0.2) is 4.79 Å². The second kappa shape index (κ2) is 8.53. The highest BCUT2D eigenvalue weighted by molar-refractivity contribution is 5.84. The third kappa shape index (κ3) is 5.20. The molecule has 0 radical (unpaired) electrons. The third-order valence-corrected chi connectivity index (χ3v) is 4.09. The molecule has 1 aromatic carbocycles. The highest BCUT2D eigenvalue weighted by Crippen LogP contribution is 2.25. The van der Waals surface area contributed by atoms with Crippen LogP contribution in [0.25, 0.3) is 11.0 Å². The molecular weight excluding hydrogens is 350 g/mol. The second-order valence-electron chi connectivity index (χ2n) is 6.52. The molecule has 0 bridgehead atoms. The maximum Gasteiger partial charge on any atom is 0.339 e. The van der Waals surface area contributed by atoms with Crippen molar-refractivity contribution < 1.29 is 23.8 Å². The lowest BCUT2D eigenvalue weighted by atomic mass is 10.0. The van der Waals surface area contributed by atoms with E-state index in [1.54, 1.807) is 25.1 Å². The van der Waals surface area contributed by atoms with E-state index >= 15 is 0 Å². The SMILES string of the molecule is C=C(C)COc1ccc2c(C)c(CCC(=O)N[C@@H](C)C(=O)O)c(=O)oc2c1. The molecule has 0 unspecified atom stereocenters. The number of benzene rings is 1. The summed E-state index contributed by atoms with van der Waals surface area (Å²) in [4.78, 5) is 35.0. The molecule has 0 fully saturated rings. The Labute approximate surface area is 156 Å². The summed E-state index contributed by atoms with van der Waals surface area (Å²) in [5.41, 5.74) is 1.89. The summed E-state index contributed by atoms with van der Waals surface area (Å²) in [6, 6.07) is 4.25. The maximum atomic E-state index is 12.3. The van der Waals surface area contributed by atoms with Gasteiger partial charge in [-0.05, 0) is 50.5 Å². The number of carboxylic acids is 1. The first-order valence-corrected chi connectivity index (χ1v) is 8.54. The van der Waals surface area contributed by atoms with Crippen LogP contribution in [0.5, 0.6) is 5.75 Å². The number of aliphatic carboxylic acids is 1. The highest BCUT2D eigenvalue weighted by Gasteiger charge is 2.16. The van der Waals surface area contributed by atoms with E-state index in [4.69, 9.17) is 14.3 Å². The second-order valence-corrected chi connectivity index (χ2v) is 6.52. The number of ether oxygens (including phenoxy) is 1. The van der Waals surface area contributed by atoms with Gasteiger partial charge < -0.3 is 19.6 Å². The van der Waals surface area contributed by atoms with Gasteiger partial charge in [-0.2, -0.15) is 0 Å². The van der Waals surface area contributed by atoms with E-state index < -0.39 is 23.5 Å². The van der Waals surface area contributed by atoms with Crippen molar-refractivity contribution in [3.63, 3.8) is 0 Å². The summed E-state index contributed by atoms with van der Waals surface area (Å²) in [5, 5.41) is 11.9. The first kappa shape index (κ1) is 20.2. The number of rotatable bonds is 8.